The van der Waals surface area contributed by atoms with E-state index in [-0.39, 0.29) is 17.3 Å². The fraction of sp³-hybridized carbons (Fsp3) is 0.760. The molecule has 0 N–H and O–H groups in total. The Morgan fingerprint density at radius 1 is 1.21 bits per heavy atom. The molecule has 0 amide bonds. The van der Waals surface area contributed by atoms with Gasteiger partial charge in [-0.3, -0.25) is 4.79 Å². The first kappa shape index (κ1) is 19.9. The van der Waals surface area contributed by atoms with Crippen LogP contribution in [-0.4, -0.2) is 18.4 Å². The number of carbonyl (C=O) groups is 2. The number of hydrogen-bond acceptors (Lipinski definition) is 3. The van der Waals surface area contributed by atoms with Crippen LogP contribution < -0.4 is 0 Å². The van der Waals surface area contributed by atoms with Gasteiger partial charge in [0.15, 0.2) is 0 Å². The number of rotatable bonds is 6. The van der Waals surface area contributed by atoms with E-state index < -0.39 is 0 Å². The molecule has 0 radical (unpaired) electrons. The van der Waals surface area contributed by atoms with E-state index in [0.29, 0.717) is 35.1 Å². The zero-order valence-electron chi connectivity index (χ0n) is 18.3. The van der Waals surface area contributed by atoms with Crippen LogP contribution in [0.2, 0.25) is 0 Å². The summed E-state index contributed by atoms with van der Waals surface area (Å²) in [5, 5.41) is 0. The molecule has 3 saturated carbocycles. The summed E-state index contributed by atoms with van der Waals surface area (Å²) in [5.41, 5.74) is 3.36. The van der Waals surface area contributed by atoms with Gasteiger partial charge in [-0.05, 0) is 79.1 Å². The molecule has 1 heterocycles. The van der Waals surface area contributed by atoms with E-state index >= 15 is 0 Å². The number of allylic oxidation sites excluding steroid dienone is 2. The van der Waals surface area contributed by atoms with Crippen molar-refractivity contribution in [3.8, 4) is 0 Å². The summed E-state index contributed by atoms with van der Waals surface area (Å²) in [5.74, 6) is 1.68. The van der Waals surface area contributed by atoms with Crippen molar-refractivity contribution >= 4 is 11.8 Å². The smallest absolute Gasteiger partial charge is 0.331 e. The van der Waals surface area contributed by atoms with Crippen LogP contribution in [0.1, 0.15) is 79.6 Å². The number of ether oxygens (including phenoxy) is 1. The van der Waals surface area contributed by atoms with Gasteiger partial charge >= 0.3 is 5.97 Å². The molecule has 1 aliphatic heterocycles. The lowest BCUT2D eigenvalue weighted by Gasteiger charge is -2.71. The Morgan fingerprint density at radius 2 is 1.93 bits per heavy atom. The summed E-state index contributed by atoms with van der Waals surface area (Å²) >= 11 is 0. The van der Waals surface area contributed by atoms with E-state index in [9.17, 15) is 9.59 Å². The van der Waals surface area contributed by atoms with Crippen molar-refractivity contribution in [3.63, 3.8) is 0 Å². The van der Waals surface area contributed by atoms with E-state index in [0.717, 1.165) is 37.7 Å². The molecule has 3 nitrogen and oxygen atoms in total. The number of carbonyl (C=O) groups excluding carboxylic acids is 2. The molecular weight excluding hydrogens is 348 g/mol. The molecule has 28 heavy (non-hydrogen) atoms. The molecule has 0 bridgehead atoms. The summed E-state index contributed by atoms with van der Waals surface area (Å²) in [7, 11) is 0. The van der Waals surface area contributed by atoms with Crippen LogP contribution in [0.4, 0.5) is 0 Å². The molecule has 3 fully saturated rings. The predicted molar refractivity (Wildman–Crippen MR) is 111 cm³/mol. The average molecular weight is 385 g/mol. The minimum atomic E-state index is -0.202. The third kappa shape index (κ3) is 2.53. The van der Waals surface area contributed by atoms with Crippen molar-refractivity contribution in [2.45, 2.75) is 79.6 Å². The number of esters is 1. The highest BCUT2D eigenvalue weighted by Crippen LogP contribution is 2.82. The van der Waals surface area contributed by atoms with Gasteiger partial charge < -0.3 is 4.74 Å². The van der Waals surface area contributed by atoms with Gasteiger partial charge in [-0.1, -0.05) is 39.3 Å². The van der Waals surface area contributed by atoms with Crippen LogP contribution in [0.15, 0.2) is 23.3 Å². The van der Waals surface area contributed by atoms with Crippen LogP contribution in [0.25, 0.3) is 0 Å². The minimum absolute atomic E-state index is 0.193. The summed E-state index contributed by atoms with van der Waals surface area (Å²) in [4.78, 5) is 24.1. The van der Waals surface area contributed by atoms with Crippen LogP contribution in [0.3, 0.4) is 0 Å². The Bertz CT molecular complexity index is 762. The van der Waals surface area contributed by atoms with E-state index in [4.69, 9.17) is 4.74 Å². The first-order valence-corrected chi connectivity index (χ1v) is 11.2. The van der Waals surface area contributed by atoms with Crippen LogP contribution in [-0.2, 0) is 14.3 Å². The lowest BCUT2D eigenvalue weighted by atomic mass is 9.31. The Morgan fingerprint density at radius 3 is 2.61 bits per heavy atom. The van der Waals surface area contributed by atoms with Crippen molar-refractivity contribution in [1.82, 2.24) is 0 Å². The number of Topliss-reactive ketones (excluding diaryl/α,β-unsaturated/α-hetero) is 1. The molecule has 0 aromatic rings. The van der Waals surface area contributed by atoms with Gasteiger partial charge in [0.05, 0.1) is 0 Å². The quantitative estimate of drug-likeness (QED) is 0.439. The number of hydrogen-bond donors (Lipinski definition) is 0. The average Bonchev–Trinajstić information content (AvgIpc) is 3.12. The maximum absolute atomic E-state index is 13.0. The van der Waals surface area contributed by atoms with Gasteiger partial charge in [-0.15, -0.1) is 0 Å². The third-order valence-electron chi connectivity index (χ3n) is 9.85. The van der Waals surface area contributed by atoms with Gasteiger partial charge in [0.25, 0.3) is 0 Å². The summed E-state index contributed by atoms with van der Waals surface area (Å²) in [6, 6.07) is 0. The SMILES string of the molecule is C/C(=C\CCC1=CC(=O)OC1)CC[C@@H]1C2C(=O)C[C@@H](C)[C@@]3(C)CC[C@]1(C)[C@@]23C. The van der Waals surface area contributed by atoms with Crippen LogP contribution in [0, 0.1) is 34.0 Å². The molecule has 1 unspecified atom stereocenters. The molecular formula is C25H36O3. The standard InChI is InChI=1S/C25H36O3/c1-16(7-6-8-18-14-21(27)28-15-18)9-10-19-22-20(26)13-17(2)23(3)11-12-24(19,4)25(22,23)5/h7,14,17,19,22H,6,8-13,15H2,1-5H3/b16-7+/t17-,19-,22?,23-,24+,25+/m1/s1. The fourth-order valence-corrected chi connectivity index (χ4v) is 7.64. The van der Waals surface area contributed by atoms with E-state index in [1.54, 1.807) is 6.08 Å². The van der Waals surface area contributed by atoms with E-state index in [1.165, 1.54) is 18.4 Å². The Kier molecular flexibility index (Phi) is 4.67. The third-order valence-corrected chi connectivity index (χ3v) is 9.85. The molecule has 6 atom stereocenters. The van der Waals surface area contributed by atoms with Gasteiger partial charge in [0, 0.05) is 18.4 Å². The second-order valence-corrected chi connectivity index (χ2v) is 10.7. The maximum atomic E-state index is 13.0. The van der Waals surface area contributed by atoms with Crippen molar-refractivity contribution in [3.05, 3.63) is 23.3 Å². The topological polar surface area (TPSA) is 43.4 Å². The maximum Gasteiger partial charge on any atom is 0.331 e. The first-order valence-electron chi connectivity index (χ1n) is 11.2. The van der Waals surface area contributed by atoms with Crippen molar-refractivity contribution in [1.29, 1.82) is 0 Å². The summed E-state index contributed by atoms with van der Waals surface area (Å²) < 4.78 is 4.96. The monoisotopic (exact) mass is 384 g/mol. The van der Waals surface area contributed by atoms with Crippen molar-refractivity contribution < 1.29 is 14.3 Å². The van der Waals surface area contributed by atoms with Crippen molar-refractivity contribution in [2.75, 3.05) is 6.61 Å². The highest BCUT2D eigenvalue weighted by molar-refractivity contribution is 5.86. The lowest BCUT2D eigenvalue weighted by Crippen LogP contribution is -2.70. The molecule has 0 aromatic heterocycles. The molecule has 0 aromatic carbocycles. The van der Waals surface area contributed by atoms with E-state index in [2.05, 4.69) is 40.7 Å². The molecule has 4 aliphatic rings. The number of ketones is 1. The summed E-state index contributed by atoms with van der Waals surface area (Å²) in [6.07, 6.45) is 11.4. The van der Waals surface area contributed by atoms with Crippen LogP contribution >= 0.6 is 0 Å². The minimum Gasteiger partial charge on any atom is -0.458 e. The Hall–Kier alpha value is -1.38. The van der Waals surface area contributed by atoms with Gasteiger partial charge in [0.2, 0.25) is 0 Å². The Labute approximate surface area is 170 Å². The molecule has 0 spiro atoms. The second-order valence-electron chi connectivity index (χ2n) is 10.7. The highest BCUT2D eigenvalue weighted by Gasteiger charge is 2.79. The van der Waals surface area contributed by atoms with Crippen LogP contribution in [0.5, 0.6) is 0 Å². The normalized spacial score (nSPS) is 44.8. The molecule has 3 aliphatic carbocycles. The molecule has 4 rings (SSSR count). The molecule has 154 valence electrons. The fourth-order valence-electron chi connectivity index (χ4n) is 7.64. The zero-order valence-corrected chi connectivity index (χ0v) is 18.3. The van der Waals surface area contributed by atoms with E-state index in [1.807, 2.05) is 0 Å². The zero-order chi connectivity index (χ0) is 20.3. The highest BCUT2D eigenvalue weighted by atomic mass is 16.5. The second kappa shape index (κ2) is 6.57. The summed E-state index contributed by atoms with van der Waals surface area (Å²) in [6.45, 7) is 12.4. The largest absolute Gasteiger partial charge is 0.458 e. The van der Waals surface area contributed by atoms with Gasteiger partial charge in [-0.25, -0.2) is 4.79 Å². The van der Waals surface area contributed by atoms with Gasteiger partial charge in [0.1, 0.15) is 12.4 Å². The lowest BCUT2D eigenvalue weighted by molar-refractivity contribution is -0.238. The molecule has 3 heteroatoms. The first-order chi connectivity index (χ1) is 13.1. The Balaban J connectivity index is 1.39. The van der Waals surface area contributed by atoms with Crippen molar-refractivity contribution in [2.24, 2.45) is 34.0 Å². The number of cyclic esters (lactones) is 1. The molecule has 0 saturated heterocycles. The predicted octanol–water partition coefficient (Wildman–Crippen LogP) is 5.64. The van der Waals surface area contributed by atoms with Gasteiger partial charge in [-0.2, -0.15) is 0 Å².